The van der Waals surface area contributed by atoms with Crippen molar-refractivity contribution in [1.82, 2.24) is 4.68 Å². The highest BCUT2D eigenvalue weighted by atomic mass is 19.4. The van der Waals surface area contributed by atoms with Gasteiger partial charge in [0.2, 0.25) is 0 Å². The van der Waals surface area contributed by atoms with E-state index in [2.05, 4.69) is 5.43 Å². The van der Waals surface area contributed by atoms with Crippen molar-refractivity contribution in [2.75, 3.05) is 5.43 Å². The molecule has 0 bridgehead atoms. The van der Waals surface area contributed by atoms with E-state index in [4.69, 9.17) is 0 Å². The van der Waals surface area contributed by atoms with E-state index in [0.29, 0.717) is 17.5 Å². The zero-order valence-electron chi connectivity index (χ0n) is 11.3. The molecule has 0 spiro atoms. The molecule has 0 unspecified atom stereocenters. The minimum Gasteiger partial charge on any atom is -0.267 e. The summed E-state index contributed by atoms with van der Waals surface area (Å²) in [5.41, 5.74) is 1.60. The third-order valence-electron chi connectivity index (χ3n) is 3.03. The summed E-state index contributed by atoms with van der Waals surface area (Å²) in [6.45, 7) is 3.41. The largest absolute Gasteiger partial charge is 0.419 e. The van der Waals surface area contributed by atoms with Gasteiger partial charge in [-0.15, -0.1) is 0 Å². The Hall–Kier alpha value is -2.31. The van der Waals surface area contributed by atoms with Crippen molar-refractivity contribution < 1.29 is 22.4 Å². The lowest BCUT2D eigenvalue weighted by Crippen LogP contribution is -2.26. The van der Waals surface area contributed by atoms with Crippen molar-refractivity contribution in [1.29, 1.82) is 0 Å². The van der Waals surface area contributed by atoms with Gasteiger partial charge in [0.1, 0.15) is 5.82 Å². The number of rotatable bonds is 2. The van der Waals surface area contributed by atoms with Crippen LogP contribution in [0.1, 0.15) is 27.3 Å². The van der Waals surface area contributed by atoms with E-state index >= 15 is 0 Å². The first kappa shape index (κ1) is 15.1. The Morgan fingerprint density at radius 2 is 1.67 bits per heavy atom. The van der Waals surface area contributed by atoms with E-state index in [1.54, 1.807) is 26.0 Å². The molecule has 2 aromatic rings. The third kappa shape index (κ3) is 2.91. The van der Waals surface area contributed by atoms with Crippen LogP contribution in [0.25, 0.3) is 0 Å². The lowest BCUT2D eigenvalue weighted by atomic mass is 10.1. The lowest BCUT2D eigenvalue weighted by Gasteiger charge is -2.14. The van der Waals surface area contributed by atoms with Crippen molar-refractivity contribution in [2.45, 2.75) is 20.0 Å². The summed E-state index contributed by atoms with van der Waals surface area (Å²) in [6, 6.07) is 6.04. The number of carbonyl (C=O) groups excluding carboxylic acids is 1. The fraction of sp³-hybridized carbons (Fsp3) is 0.214. The van der Waals surface area contributed by atoms with Crippen LogP contribution in [0.4, 0.5) is 17.6 Å². The molecule has 1 heterocycles. The van der Waals surface area contributed by atoms with Crippen LogP contribution in [0.2, 0.25) is 0 Å². The summed E-state index contributed by atoms with van der Waals surface area (Å²) in [5.74, 6) is -2.52. The number of amides is 1. The van der Waals surface area contributed by atoms with Crippen LogP contribution in [0.5, 0.6) is 0 Å². The van der Waals surface area contributed by atoms with Crippen molar-refractivity contribution in [2.24, 2.45) is 0 Å². The Morgan fingerprint density at radius 1 is 1.10 bits per heavy atom. The smallest absolute Gasteiger partial charge is 0.267 e. The highest BCUT2D eigenvalue weighted by Crippen LogP contribution is 2.32. The maximum Gasteiger partial charge on any atom is 0.419 e. The molecule has 0 atom stereocenters. The maximum atomic E-state index is 13.9. The highest BCUT2D eigenvalue weighted by molar-refractivity contribution is 6.00. The van der Waals surface area contributed by atoms with Gasteiger partial charge in [-0.3, -0.25) is 14.9 Å². The van der Waals surface area contributed by atoms with E-state index in [1.807, 2.05) is 0 Å². The fourth-order valence-corrected chi connectivity index (χ4v) is 1.93. The van der Waals surface area contributed by atoms with E-state index in [-0.39, 0.29) is 0 Å². The van der Waals surface area contributed by atoms with E-state index in [9.17, 15) is 22.4 Å². The van der Waals surface area contributed by atoms with Crippen molar-refractivity contribution >= 4 is 5.91 Å². The topological polar surface area (TPSA) is 34.0 Å². The number of aromatic nitrogens is 1. The first-order chi connectivity index (χ1) is 9.71. The predicted octanol–water partition coefficient (Wildman–Crippen LogP) is 3.65. The van der Waals surface area contributed by atoms with Crippen LogP contribution in [0.15, 0.2) is 30.3 Å². The van der Waals surface area contributed by atoms with Gasteiger partial charge in [-0.05, 0) is 38.1 Å². The number of nitrogens with zero attached hydrogens (tertiary/aromatic N) is 1. The Kier molecular flexibility index (Phi) is 3.76. The third-order valence-corrected chi connectivity index (χ3v) is 3.03. The zero-order valence-corrected chi connectivity index (χ0v) is 11.3. The van der Waals surface area contributed by atoms with Gasteiger partial charge in [0.05, 0.1) is 11.1 Å². The van der Waals surface area contributed by atoms with Crippen LogP contribution in [-0.4, -0.2) is 10.6 Å². The first-order valence-corrected chi connectivity index (χ1v) is 6.04. The number of hydrogen-bond acceptors (Lipinski definition) is 1. The van der Waals surface area contributed by atoms with Crippen molar-refractivity contribution in [3.8, 4) is 0 Å². The summed E-state index contributed by atoms with van der Waals surface area (Å²) in [5, 5.41) is 0. The predicted molar refractivity (Wildman–Crippen MR) is 69.0 cm³/mol. The number of benzene rings is 1. The lowest BCUT2D eigenvalue weighted by molar-refractivity contribution is -0.140. The van der Waals surface area contributed by atoms with Gasteiger partial charge in [0, 0.05) is 11.4 Å². The molecule has 1 aromatic heterocycles. The Balaban J connectivity index is 2.37. The molecule has 21 heavy (non-hydrogen) atoms. The van der Waals surface area contributed by atoms with Crippen LogP contribution in [0.3, 0.4) is 0 Å². The number of alkyl halides is 3. The standard InChI is InChI=1S/C14H12F4N2O/c1-8-6-7-9(2)20(8)19-13(21)10-4-3-5-11(12(10)15)14(16,17)18/h3-7H,1-2H3,(H,19,21). The second-order valence-electron chi connectivity index (χ2n) is 4.56. The molecule has 112 valence electrons. The van der Waals surface area contributed by atoms with Crippen molar-refractivity contribution in [3.63, 3.8) is 0 Å². The van der Waals surface area contributed by atoms with E-state index in [0.717, 1.165) is 12.1 Å². The second-order valence-corrected chi connectivity index (χ2v) is 4.56. The molecule has 1 aromatic carbocycles. The summed E-state index contributed by atoms with van der Waals surface area (Å²) >= 11 is 0. The molecule has 0 aliphatic carbocycles. The van der Waals surface area contributed by atoms with Gasteiger partial charge in [-0.1, -0.05) is 6.07 Å². The summed E-state index contributed by atoms with van der Waals surface area (Å²) < 4.78 is 53.1. The number of hydrogen-bond donors (Lipinski definition) is 1. The summed E-state index contributed by atoms with van der Waals surface area (Å²) in [6.07, 6.45) is -4.85. The minimum atomic E-state index is -4.85. The molecule has 0 fully saturated rings. The van der Waals surface area contributed by atoms with Gasteiger partial charge < -0.3 is 0 Å². The monoisotopic (exact) mass is 300 g/mol. The first-order valence-electron chi connectivity index (χ1n) is 6.04. The highest BCUT2D eigenvalue weighted by Gasteiger charge is 2.35. The number of aryl methyl sites for hydroxylation is 2. The molecule has 1 N–H and O–H groups in total. The molecular weight excluding hydrogens is 288 g/mol. The Bertz CT molecular complexity index is 669. The molecule has 7 heteroatoms. The van der Waals surface area contributed by atoms with Crippen molar-refractivity contribution in [3.05, 3.63) is 58.7 Å². The van der Waals surface area contributed by atoms with Gasteiger partial charge in [-0.2, -0.15) is 13.2 Å². The molecule has 1 amide bonds. The normalized spacial score (nSPS) is 11.5. The molecular formula is C14H12F4N2O. The van der Waals surface area contributed by atoms with Crippen LogP contribution in [0, 0.1) is 19.7 Å². The maximum absolute atomic E-state index is 13.9. The molecule has 0 radical (unpaired) electrons. The minimum absolute atomic E-state index is 0.596. The van der Waals surface area contributed by atoms with E-state index < -0.39 is 29.0 Å². The average Bonchev–Trinajstić information content (AvgIpc) is 2.69. The Labute approximate surface area is 118 Å². The second kappa shape index (κ2) is 5.23. The Morgan fingerprint density at radius 3 is 2.19 bits per heavy atom. The van der Waals surface area contributed by atoms with Crippen LogP contribution < -0.4 is 5.43 Å². The molecule has 0 saturated heterocycles. The average molecular weight is 300 g/mol. The fourth-order valence-electron chi connectivity index (χ4n) is 1.93. The summed E-state index contributed by atoms with van der Waals surface area (Å²) in [7, 11) is 0. The molecule has 0 aliphatic heterocycles. The van der Waals surface area contributed by atoms with Gasteiger partial charge in [-0.25, -0.2) is 4.39 Å². The van der Waals surface area contributed by atoms with Gasteiger partial charge >= 0.3 is 6.18 Å². The summed E-state index contributed by atoms with van der Waals surface area (Å²) in [4.78, 5) is 12.0. The zero-order chi connectivity index (χ0) is 15.8. The molecule has 2 rings (SSSR count). The van der Waals surface area contributed by atoms with Gasteiger partial charge in [0.25, 0.3) is 5.91 Å². The molecule has 0 aliphatic rings. The van der Waals surface area contributed by atoms with Gasteiger partial charge in [0.15, 0.2) is 0 Å². The quantitative estimate of drug-likeness (QED) is 0.844. The van der Waals surface area contributed by atoms with Crippen LogP contribution >= 0.6 is 0 Å². The van der Waals surface area contributed by atoms with E-state index in [1.165, 1.54) is 4.68 Å². The van der Waals surface area contributed by atoms with Crippen LogP contribution in [-0.2, 0) is 6.18 Å². The number of carbonyl (C=O) groups is 1. The molecule has 0 saturated carbocycles. The molecule has 3 nitrogen and oxygen atoms in total. The number of halogens is 4. The SMILES string of the molecule is Cc1ccc(C)n1NC(=O)c1cccc(C(F)(F)F)c1F. The number of nitrogens with one attached hydrogen (secondary N) is 1.